The first-order valence-electron chi connectivity index (χ1n) is 11.6. The number of pyridine rings is 1. The topological polar surface area (TPSA) is 63.2 Å². The van der Waals surface area contributed by atoms with Crippen molar-refractivity contribution in [2.45, 2.75) is 77.5 Å². The quantitative estimate of drug-likeness (QED) is 0.500. The number of fused-ring (bicyclic) bond motifs is 1. The standard InChI is InChI=1S/C25H34F3N3O2/c1-16-12-21(23(32)29-10-7-9-18-8-5-6-11-33-18)31-22-19(16)13-17(30-15-25(26,27)28)14-20(22)24(2,3)4/h12-14,18,30H,5-11,15H2,1-4H3,(H,29,32). The zero-order chi connectivity index (χ0) is 24.2. The molecule has 1 aromatic carbocycles. The molecule has 1 aromatic heterocycles. The summed E-state index contributed by atoms with van der Waals surface area (Å²) in [5.41, 5.74) is 2.55. The first-order valence-corrected chi connectivity index (χ1v) is 11.6. The highest BCUT2D eigenvalue weighted by Crippen LogP contribution is 2.34. The Morgan fingerprint density at radius 1 is 1.18 bits per heavy atom. The van der Waals surface area contributed by atoms with Gasteiger partial charge in [0.1, 0.15) is 12.2 Å². The van der Waals surface area contributed by atoms with E-state index in [-0.39, 0.29) is 17.4 Å². The third kappa shape index (κ3) is 7.06. The highest BCUT2D eigenvalue weighted by atomic mass is 19.4. The summed E-state index contributed by atoms with van der Waals surface area (Å²) < 4.78 is 43.9. The van der Waals surface area contributed by atoms with E-state index in [4.69, 9.17) is 4.74 Å². The average molecular weight is 466 g/mol. The van der Waals surface area contributed by atoms with E-state index in [0.29, 0.717) is 23.4 Å². The Balaban J connectivity index is 1.78. The molecule has 33 heavy (non-hydrogen) atoms. The third-order valence-corrected chi connectivity index (χ3v) is 5.92. The average Bonchev–Trinajstić information content (AvgIpc) is 2.74. The van der Waals surface area contributed by atoms with Crippen molar-refractivity contribution in [3.8, 4) is 0 Å². The number of benzene rings is 1. The zero-order valence-corrected chi connectivity index (χ0v) is 19.9. The van der Waals surface area contributed by atoms with Crippen LogP contribution in [-0.4, -0.2) is 42.9 Å². The molecule has 2 N–H and O–H groups in total. The Morgan fingerprint density at radius 3 is 2.58 bits per heavy atom. The highest BCUT2D eigenvalue weighted by molar-refractivity contribution is 5.97. The van der Waals surface area contributed by atoms with E-state index in [9.17, 15) is 18.0 Å². The summed E-state index contributed by atoms with van der Waals surface area (Å²) in [5.74, 6) is -0.247. The fourth-order valence-corrected chi connectivity index (χ4v) is 4.14. The molecular weight excluding hydrogens is 431 g/mol. The lowest BCUT2D eigenvalue weighted by Crippen LogP contribution is -2.27. The van der Waals surface area contributed by atoms with Crippen LogP contribution < -0.4 is 10.6 Å². The molecule has 2 heterocycles. The molecule has 1 saturated heterocycles. The molecule has 0 spiro atoms. The number of amides is 1. The molecule has 1 fully saturated rings. The number of rotatable bonds is 7. The maximum atomic E-state index is 12.8. The number of nitrogens with one attached hydrogen (secondary N) is 2. The first-order chi connectivity index (χ1) is 15.4. The number of hydrogen-bond acceptors (Lipinski definition) is 4. The number of aromatic nitrogens is 1. The number of anilines is 1. The summed E-state index contributed by atoms with van der Waals surface area (Å²) in [6.07, 6.45) is 1.13. The highest BCUT2D eigenvalue weighted by Gasteiger charge is 2.27. The van der Waals surface area contributed by atoms with E-state index in [1.807, 2.05) is 27.7 Å². The number of aryl methyl sites for hydroxylation is 1. The van der Waals surface area contributed by atoms with Crippen LogP contribution in [0.25, 0.3) is 10.9 Å². The van der Waals surface area contributed by atoms with Gasteiger partial charge in [-0.05, 0) is 73.8 Å². The van der Waals surface area contributed by atoms with Gasteiger partial charge in [0.2, 0.25) is 0 Å². The number of nitrogens with zero attached hydrogens (tertiary/aromatic N) is 1. The molecule has 0 saturated carbocycles. The Hall–Kier alpha value is -2.35. The first kappa shape index (κ1) is 25.3. The number of halogens is 3. The monoisotopic (exact) mass is 465 g/mol. The van der Waals surface area contributed by atoms with Crippen molar-refractivity contribution >= 4 is 22.5 Å². The number of ether oxygens (including phenoxy) is 1. The van der Waals surface area contributed by atoms with Crippen molar-refractivity contribution in [3.63, 3.8) is 0 Å². The van der Waals surface area contributed by atoms with Crippen LogP contribution in [0.5, 0.6) is 0 Å². The van der Waals surface area contributed by atoms with E-state index in [0.717, 1.165) is 48.8 Å². The van der Waals surface area contributed by atoms with Crippen molar-refractivity contribution in [3.05, 3.63) is 35.0 Å². The molecule has 1 unspecified atom stereocenters. The number of alkyl halides is 3. The maximum absolute atomic E-state index is 12.8. The van der Waals surface area contributed by atoms with Crippen LogP contribution in [0.15, 0.2) is 18.2 Å². The van der Waals surface area contributed by atoms with Crippen LogP contribution in [0.2, 0.25) is 0 Å². The van der Waals surface area contributed by atoms with Gasteiger partial charge >= 0.3 is 6.18 Å². The van der Waals surface area contributed by atoms with Crippen LogP contribution in [0, 0.1) is 6.92 Å². The lowest BCUT2D eigenvalue weighted by molar-refractivity contribution is -0.115. The van der Waals surface area contributed by atoms with Crippen LogP contribution in [0.4, 0.5) is 18.9 Å². The van der Waals surface area contributed by atoms with Gasteiger partial charge in [0, 0.05) is 24.2 Å². The fourth-order valence-electron chi connectivity index (χ4n) is 4.14. The summed E-state index contributed by atoms with van der Waals surface area (Å²) in [6, 6.07) is 5.07. The van der Waals surface area contributed by atoms with Gasteiger partial charge in [-0.15, -0.1) is 0 Å². The Kier molecular flexibility index (Phi) is 7.88. The molecule has 8 heteroatoms. The van der Waals surface area contributed by atoms with E-state index in [1.165, 1.54) is 6.42 Å². The second-order valence-corrected chi connectivity index (χ2v) is 9.85. The number of carbonyl (C=O) groups is 1. The van der Waals surface area contributed by atoms with Gasteiger partial charge in [0.15, 0.2) is 0 Å². The summed E-state index contributed by atoms with van der Waals surface area (Å²) >= 11 is 0. The minimum Gasteiger partial charge on any atom is -0.378 e. The second kappa shape index (κ2) is 10.3. The van der Waals surface area contributed by atoms with Gasteiger partial charge < -0.3 is 15.4 Å². The van der Waals surface area contributed by atoms with Crippen LogP contribution in [0.3, 0.4) is 0 Å². The predicted octanol–water partition coefficient (Wildman–Crippen LogP) is 5.89. The summed E-state index contributed by atoms with van der Waals surface area (Å²) in [4.78, 5) is 17.4. The van der Waals surface area contributed by atoms with Gasteiger partial charge in [0.25, 0.3) is 5.91 Å². The zero-order valence-electron chi connectivity index (χ0n) is 19.9. The van der Waals surface area contributed by atoms with E-state index in [1.54, 1.807) is 18.2 Å². The number of hydrogen-bond donors (Lipinski definition) is 2. The molecule has 2 aromatic rings. The van der Waals surface area contributed by atoms with E-state index in [2.05, 4.69) is 15.6 Å². The number of carbonyl (C=O) groups excluding carboxylic acids is 1. The second-order valence-electron chi connectivity index (χ2n) is 9.85. The molecule has 1 aliphatic heterocycles. The third-order valence-electron chi connectivity index (χ3n) is 5.92. The van der Waals surface area contributed by atoms with Gasteiger partial charge in [-0.1, -0.05) is 20.8 Å². The van der Waals surface area contributed by atoms with Crippen molar-refractivity contribution in [1.29, 1.82) is 0 Å². The summed E-state index contributed by atoms with van der Waals surface area (Å²) in [7, 11) is 0. The largest absolute Gasteiger partial charge is 0.405 e. The molecule has 0 radical (unpaired) electrons. The lowest BCUT2D eigenvalue weighted by Gasteiger charge is -2.23. The van der Waals surface area contributed by atoms with Gasteiger partial charge in [-0.25, -0.2) is 4.98 Å². The minimum absolute atomic E-state index is 0.247. The van der Waals surface area contributed by atoms with Crippen LogP contribution >= 0.6 is 0 Å². The molecule has 1 aliphatic rings. The van der Waals surface area contributed by atoms with E-state index < -0.39 is 12.7 Å². The minimum atomic E-state index is -4.31. The Labute approximate surface area is 193 Å². The van der Waals surface area contributed by atoms with Crippen molar-refractivity contribution in [2.24, 2.45) is 0 Å². The maximum Gasteiger partial charge on any atom is 0.405 e. The molecule has 3 rings (SSSR count). The van der Waals surface area contributed by atoms with Crippen LogP contribution in [0.1, 0.15) is 74.5 Å². The molecule has 0 bridgehead atoms. The molecule has 1 amide bonds. The Bertz CT molecular complexity index is 977. The predicted molar refractivity (Wildman–Crippen MR) is 125 cm³/mol. The molecular formula is C25H34F3N3O2. The van der Waals surface area contributed by atoms with Crippen molar-refractivity contribution in [1.82, 2.24) is 10.3 Å². The van der Waals surface area contributed by atoms with Crippen molar-refractivity contribution < 1.29 is 22.7 Å². The summed E-state index contributed by atoms with van der Waals surface area (Å²) in [6.45, 7) is 8.04. The normalized spacial score (nSPS) is 17.2. The summed E-state index contributed by atoms with van der Waals surface area (Å²) in [5, 5.41) is 6.15. The molecule has 0 aliphatic carbocycles. The SMILES string of the molecule is Cc1cc(C(=O)NCCCC2CCCCO2)nc2c(C(C)(C)C)cc(NCC(F)(F)F)cc12. The smallest absolute Gasteiger partial charge is 0.378 e. The van der Waals surface area contributed by atoms with Gasteiger partial charge in [-0.2, -0.15) is 13.2 Å². The lowest BCUT2D eigenvalue weighted by atomic mass is 9.84. The van der Waals surface area contributed by atoms with Gasteiger partial charge in [0.05, 0.1) is 11.6 Å². The van der Waals surface area contributed by atoms with Gasteiger partial charge in [-0.3, -0.25) is 4.79 Å². The van der Waals surface area contributed by atoms with Crippen molar-refractivity contribution in [2.75, 3.05) is 25.0 Å². The van der Waals surface area contributed by atoms with E-state index >= 15 is 0 Å². The Morgan fingerprint density at radius 2 is 1.94 bits per heavy atom. The molecule has 5 nitrogen and oxygen atoms in total. The molecule has 1 atom stereocenters. The molecule has 182 valence electrons. The fraction of sp³-hybridized carbons (Fsp3) is 0.600. The van der Waals surface area contributed by atoms with Crippen LogP contribution in [-0.2, 0) is 10.2 Å².